The van der Waals surface area contributed by atoms with Gasteiger partial charge >= 0.3 is 0 Å². The molecule has 0 fully saturated rings. The minimum absolute atomic E-state index is 0.137. The van der Waals surface area contributed by atoms with Crippen LogP contribution in [0.3, 0.4) is 0 Å². The molecule has 80 valence electrons. The molecule has 1 heterocycles. The van der Waals surface area contributed by atoms with Crippen molar-refractivity contribution in [2.24, 2.45) is 7.05 Å². The summed E-state index contributed by atoms with van der Waals surface area (Å²) in [4.78, 5) is 0.137. The molecule has 0 saturated carbocycles. The SMILES string of the molecule is Cc1cc2ccc(S(=O)(=O)Cl)cc2n1C. The molecule has 0 N–H and O–H groups in total. The highest BCUT2D eigenvalue weighted by molar-refractivity contribution is 8.13. The maximum absolute atomic E-state index is 11.2. The number of hydrogen-bond donors (Lipinski definition) is 0. The van der Waals surface area contributed by atoms with E-state index in [0.717, 1.165) is 16.6 Å². The third kappa shape index (κ3) is 1.75. The van der Waals surface area contributed by atoms with Gasteiger partial charge < -0.3 is 4.57 Å². The van der Waals surface area contributed by atoms with Crippen LogP contribution >= 0.6 is 10.7 Å². The number of aromatic nitrogens is 1. The van der Waals surface area contributed by atoms with E-state index in [1.54, 1.807) is 12.1 Å². The van der Waals surface area contributed by atoms with Gasteiger partial charge in [-0.05, 0) is 30.5 Å². The minimum atomic E-state index is -3.64. The van der Waals surface area contributed by atoms with E-state index < -0.39 is 9.05 Å². The Bertz CT molecular complexity index is 628. The van der Waals surface area contributed by atoms with Crippen molar-refractivity contribution >= 4 is 30.6 Å². The van der Waals surface area contributed by atoms with Crippen molar-refractivity contribution in [3.63, 3.8) is 0 Å². The quantitative estimate of drug-likeness (QED) is 0.722. The second-order valence-electron chi connectivity index (χ2n) is 3.50. The molecule has 3 nitrogen and oxygen atoms in total. The molecule has 2 rings (SSSR count). The molecule has 5 heteroatoms. The van der Waals surface area contributed by atoms with Gasteiger partial charge in [-0.25, -0.2) is 8.42 Å². The number of hydrogen-bond acceptors (Lipinski definition) is 2. The first-order valence-corrected chi connectivity index (χ1v) is 6.71. The topological polar surface area (TPSA) is 39.1 Å². The molecule has 0 aliphatic carbocycles. The van der Waals surface area contributed by atoms with E-state index in [9.17, 15) is 8.42 Å². The van der Waals surface area contributed by atoms with E-state index in [1.165, 1.54) is 6.07 Å². The van der Waals surface area contributed by atoms with E-state index in [-0.39, 0.29) is 4.90 Å². The molecule has 0 aliphatic rings. The summed E-state index contributed by atoms with van der Waals surface area (Å²) in [5, 5.41) is 1.01. The van der Waals surface area contributed by atoms with Gasteiger partial charge in [-0.1, -0.05) is 6.07 Å². The summed E-state index contributed by atoms with van der Waals surface area (Å²) in [6.07, 6.45) is 0. The van der Waals surface area contributed by atoms with Gasteiger partial charge in [0.2, 0.25) is 0 Å². The normalized spacial score (nSPS) is 12.2. The van der Waals surface area contributed by atoms with E-state index >= 15 is 0 Å². The number of benzene rings is 1. The van der Waals surface area contributed by atoms with Crippen LogP contribution in [-0.4, -0.2) is 13.0 Å². The van der Waals surface area contributed by atoms with Gasteiger partial charge in [0.1, 0.15) is 0 Å². The average molecular weight is 244 g/mol. The van der Waals surface area contributed by atoms with Crippen molar-refractivity contribution in [3.8, 4) is 0 Å². The maximum atomic E-state index is 11.2. The first-order valence-electron chi connectivity index (χ1n) is 4.40. The Morgan fingerprint density at radius 1 is 1.27 bits per heavy atom. The lowest BCUT2D eigenvalue weighted by Crippen LogP contribution is -1.93. The largest absolute Gasteiger partial charge is 0.348 e. The van der Waals surface area contributed by atoms with Gasteiger partial charge in [0.05, 0.1) is 4.90 Å². The van der Waals surface area contributed by atoms with Gasteiger partial charge in [-0.2, -0.15) is 0 Å². The van der Waals surface area contributed by atoms with Crippen molar-refractivity contribution in [2.75, 3.05) is 0 Å². The van der Waals surface area contributed by atoms with E-state index in [1.807, 2.05) is 24.6 Å². The second kappa shape index (κ2) is 3.25. The van der Waals surface area contributed by atoms with Gasteiger partial charge in [0.15, 0.2) is 0 Å². The van der Waals surface area contributed by atoms with Crippen LogP contribution in [0.15, 0.2) is 29.2 Å². The lowest BCUT2D eigenvalue weighted by Gasteiger charge is -2.00. The Hall–Kier alpha value is -1.00. The van der Waals surface area contributed by atoms with Gasteiger partial charge in [0.25, 0.3) is 9.05 Å². The fourth-order valence-corrected chi connectivity index (χ4v) is 2.37. The first-order chi connectivity index (χ1) is 6.89. The van der Waals surface area contributed by atoms with Crippen LogP contribution in [-0.2, 0) is 16.1 Å². The van der Waals surface area contributed by atoms with Gasteiger partial charge in [0, 0.05) is 28.9 Å². The Labute approximate surface area is 92.7 Å². The van der Waals surface area contributed by atoms with Crippen molar-refractivity contribution < 1.29 is 8.42 Å². The smallest absolute Gasteiger partial charge is 0.261 e. The molecule has 2 aromatic rings. The summed E-state index contributed by atoms with van der Waals surface area (Å²) < 4.78 is 24.2. The van der Waals surface area contributed by atoms with Crippen LogP contribution in [0, 0.1) is 6.92 Å². The molecule has 15 heavy (non-hydrogen) atoms. The highest BCUT2D eigenvalue weighted by Gasteiger charge is 2.11. The molecule has 1 aromatic heterocycles. The number of halogens is 1. The Morgan fingerprint density at radius 2 is 1.93 bits per heavy atom. The zero-order valence-electron chi connectivity index (χ0n) is 8.36. The third-order valence-electron chi connectivity index (χ3n) is 2.54. The summed E-state index contributed by atoms with van der Waals surface area (Å²) in [7, 11) is 3.53. The predicted molar refractivity (Wildman–Crippen MR) is 60.7 cm³/mol. The summed E-state index contributed by atoms with van der Waals surface area (Å²) in [5.74, 6) is 0. The lowest BCUT2D eigenvalue weighted by molar-refractivity contribution is 0.609. The predicted octanol–water partition coefficient (Wildman–Crippen LogP) is 2.41. The lowest BCUT2D eigenvalue weighted by atomic mass is 10.2. The molecule has 0 unspecified atom stereocenters. The van der Waals surface area contributed by atoms with Crippen LogP contribution in [0.4, 0.5) is 0 Å². The fraction of sp³-hybridized carbons (Fsp3) is 0.200. The number of rotatable bonds is 1. The molecule has 0 bridgehead atoms. The Balaban J connectivity index is 2.81. The van der Waals surface area contributed by atoms with Crippen LogP contribution in [0.5, 0.6) is 0 Å². The highest BCUT2D eigenvalue weighted by Crippen LogP contribution is 2.23. The molecular formula is C10H10ClNO2S. The summed E-state index contributed by atoms with van der Waals surface area (Å²) in [6, 6.07) is 6.87. The molecule has 0 amide bonds. The van der Waals surface area contributed by atoms with E-state index in [0.29, 0.717) is 0 Å². The molecule has 0 aliphatic heterocycles. The summed E-state index contributed by atoms with van der Waals surface area (Å²) in [6.45, 7) is 1.97. The van der Waals surface area contributed by atoms with Crippen molar-refractivity contribution in [1.82, 2.24) is 4.57 Å². The molecule has 0 saturated heterocycles. The average Bonchev–Trinajstić information content (AvgIpc) is 2.41. The molecule has 0 spiro atoms. The monoisotopic (exact) mass is 243 g/mol. The van der Waals surface area contributed by atoms with Crippen molar-refractivity contribution in [2.45, 2.75) is 11.8 Å². The van der Waals surface area contributed by atoms with Crippen LogP contribution in [0.25, 0.3) is 10.9 Å². The number of aryl methyl sites for hydroxylation is 2. The van der Waals surface area contributed by atoms with E-state index in [4.69, 9.17) is 10.7 Å². The van der Waals surface area contributed by atoms with E-state index in [2.05, 4.69) is 0 Å². The molecule has 1 aromatic carbocycles. The zero-order valence-corrected chi connectivity index (χ0v) is 9.93. The minimum Gasteiger partial charge on any atom is -0.348 e. The Morgan fingerprint density at radius 3 is 2.53 bits per heavy atom. The molecule has 0 atom stereocenters. The summed E-state index contributed by atoms with van der Waals surface area (Å²) >= 11 is 0. The van der Waals surface area contributed by atoms with Crippen LogP contribution in [0.2, 0.25) is 0 Å². The maximum Gasteiger partial charge on any atom is 0.261 e. The van der Waals surface area contributed by atoms with Gasteiger partial charge in [-0.15, -0.1) is 0 Å². The Kier molecular flexibility index (Phi) is 2.28. The fourth-order valence-electron chi connectivity index (χ4n) is 1.60. The van der Waals surface area contributed by atoms with Crippen LogP contribution < -0.4 is 0 Å². The highest BCUT2D eigenvalue weighted by atomic mass is 35.7. The van der Waals surface area contributed by atoms with Gasteiger partial charge in [-0.3, -0.25) is 0 Å². The van der Waals surface area contributed by atoms with Crippen molar-refractivity contribution in [1.29, 1.82) is 0 Å². The standard InChI is InChI=1S/C10H10ClNO2S/c1-7-5-8-3-4-9(15(11,13)14)6-10(8)12(7)2/h3-6H,1-2H3. The molecule has 0 radical (unpaired) electrons. The summed E-state index contributed by atoms with van der Waals surface area (Å²) in [5.41, 5.74) is 1.95. The number of nitrogens with zero attached hydrogens (tertiary/aromatic N) is 1. The second-order valence-corrected chi connectivity index (χ2v) is 6.07. The third-order valence-corrected chi connectivity index (χ3v) is 3.89. The first kappa shape index (κ1) is 10.5. The molecular weight excluding hydrogens is 234 g/mol. The van der Waals surface area contributed by atoms with Crippen LogP contribution in [0.1, 0.15) is 5.69 Å². The zero-order chi connectivity index (χ0) is 11.2. The number of fused-ring (bicyclic) bond motifs is 1. The van der Waals surface area contributed by atoms with Crippen molar-refractivity contribution in [3.05, 3.63) is 30.0 Å².